The zero-order valence-corrected chi connectivity index (χ0v) is 9.26. The minimum Gasteiger partial charge on any atom is -0.314 e. The average Bonchev–Trinajstić information content (AvgIpc) is 2.23. The minimum absolute atomic E-state index is 0.733. The molecule has 3 nitrogen and oxygen atoms in total. The predicted octanol–water partition coefficient (Wildman–Crippen LogP) is 0.280. The number of hydrogen-bond donors (Lipinski definition) is 2. The summed E-state index contributed by atoms with van der Waals surface area (Å²) in [5.41, 5.74) is 0. The molecule has 0 radical (unpaired) electrons. The summed E-state index contributed by atoms with van der Waals surface area (Å²) in [6.07, 6.45) is 4.17. The summed E-state index contributed by atoms with van der Waals surface area (Å²) in [5.74, 6) is 0.962. The van der Waals surface area contributed by atoms with Crippen LogP contribution in [0, 0.1) is 5.92 Å². The van der Waals surface area contributed by atoms with Crippen LogP contribution in [0.3, 0.4) is 0 Å². The molecule has 0 bridgehead atoms. The molecule has 2 N–H and O–H groups in total. The number of likely N-dealkylation sites (tertiary alicyclic amines) is 1. The van der Waals surface area contributed by atoms with E-state index in [4.69, 9.17) is 0 Å². The van der Waals surface area contributed by atoms with Gasteiger partial charge in [-0.05, 0) is 45.3 Å². The number of nitrogens with zero attached hydrogens (tertiary/aromatic N) is 1. The number of rotatable bonds is 2. The van der Waals surface area contributed by atoms with Crippen LogP contribution in [-0.2, 0) is 0 Å². The molecule has 0 aliphatic carbocycles. The first-order chi connectivity index (χ1) is 6.84. The first-order valence-corrected chi connectivity index (χ1v) is 5.97. The van der Waals surface area contributed by atoms with Gasteiger partial charge in [0.1, 0.15) is 0 Å². The smallest absolute Gasteiger partial charge is 0.0195 e. The Morgan fingerprint density at radius 1 is 1.21 bits per heavy atom. The molecule has 2 aliphatic heterocycles. The monoisotopic (exact) mass is 197 g/mol. The number of hydrogen-bond acceptors (Lipinski definition) is 3. The first kappa shape index (κ1) is 10.4. The summed E-state index contributed by atoms with van der Waals surface area (Å²) in [6, 6.07) is 0.733. The highest BCUT2D eigenvalue weighted by Crippen LogP contribution is 2.21. The maximum atomic E-state index is 3.60. The highest BCUT2D eigenvalue weighted by atomic mass is 15.1. The maximum absolute atomic E-state index is 3.60. The second kappa shape index (κ2) is 5.10. The summed E-state index contributed by atoms with van der Waals surface area (Å²) >= 11 is 0. The van der Waals surface area contributed by atoms with Gasteiger partial charge < -0.3 is 15.5 Å². The summed E-state index contributed by atoms with van der Waals surface area (Å²) in [6.45, 7) is 6.06. The Labute approximate surface area is 87.2 Å². The van der Waals surface area contributed by atoms with Crippen molar-refractivity contribution < 1.29 is 0 Å². The second-order valence-corrected chi connectivity index (χ2v) is 4.84. The lowest BCUT2D eigenvalue weighted by Gasteiger charge is -2.33. The van der Waals surface area contributed by atoms with Crippen molar-refractivity contribution >= 4 is 0 Å². The van der Waals surface area contributed by atoms with Gasteiger partial charge >= 0.3 is 0 Å². The van der Waals surface area contributed by atoms with Gasteiger partial charge in [-0.3, -0.25) is 0 Å². The van der Waals surface area contributed by atoms with Gasteiger partial charge in [0.15, 0.2) is 0 Å². The maximum Gasteiger partial charge on any atom is 0.0195 e. The van der Waals surface area contributed by atoms with E-state index in [2.05, 4.69) is 22.6 Å². The Bertz CT molecular complexity index is 158. The van der Waals surface area contributed by atoms with Crippen molar-refractivity contribution in [2.24, 2.45) is 5.92 Å². The lowest BCUT2D eigenvalue weighted by Crippen LogP contribution is -2.49. The Kier molecular flexibility index (Phi) is 3.79. The highest BCUT2D eigenvalue weighted by molar-refractivity contribution is 4.80. The van der Waals surface area contributed by atoms with Crippen LogP contribution in [0.4, 0.5) is 0 Å². The molecular formula is C11H23N3. The molecule has 0 spiro atoms. The fraction of sp³-hybridized carbons (Fsp3) is 1.00. The molecule has 14 heavy (non-hydrogen) atoms. The molecule has 2 rings (SSSR count). The van der Waals surface area contributed by atoms with E-state index < -0.39 is 0 Å². The van der Waals surface area contributed by atoms with E-state index in [-0.39, 0.29) is 0 Å². The Balaban J connectivity index is 1.68. The molecule has 0 aromatic rings. The van der Waals surface area contributed by atoms with Crippen molar-refractivity contribution in [2.75, 3.05) is 39.8 Å². The van der Waals surface area contributed by atoms with Crippen LogP contribution in [0.25, 0.3) is 0 Å². The van der Waals surface area contributed by atoms with Gasteiger partial charge in [-0.2, -0.15) is 0 Å². The molecule has 82 valence electrons. The van der Waals surface area contributed by atoms with Crippen LogP contribution in [-0.4, -0.2) is 50.7 Å². The summed E-state index contributed by atoms with van der Waals surface area (Å²) in [5, 5.41) is 7.06. The average molecular weight is 197 g/mol. The van der Waals surface area contributed by atoms with Crippen LogP contribution in [0.1, 0.15) is 19.3 Å². The topological polar surface area (TPSA) is 27.3 Å². The standard InChI is InChI=1S/C11H23N3/c1-14-6-2-10(3-7-14)8-11-9-12-4-5-13-11/h10-13H,2-9H2,1H3. The Morgan fingerprint density at radius 3 is 2.64 bits per heavy atom. The Morgan fingerprint density at radius 2 is 2.00 bits per heavy atom. The van der Waals surface area contributed by atoms with Crippen molar-refractivity contribution in [2.45, 2.75) is 25.3 Å². The van der Waals surface area contributed by atoms with Gasteiger partial charge in [-0.15, -0.1) is 0 Å². The third kappa shape index (κ3) is 2.94. The predicted molar refractivity (Wildman–Crippen MR) is 59.5 cm³/mol. The van der Waals surface area contributed by atoms with E-state index in [0.29, 0.717) is 0 Å². The highest BCUT2D eigenvalue weighted by Gasteiger charge is 2.21. The molecule has 2 heterocycles. The molecule has 2 aliphatic rings. The van der Waals surface area contributed by atoms with Gasteiger partial charge in [-0.25, -0.2) is 0 Å². The lowest BCUT2D eigenvalue weighted by atomic mass is 9.90. The molecular weight excluding hydrogens is 174 g/mol. The molecule has 2 saturated heterocycles. The van der Waals surface area contributed by atoms with Gasteiger partial charge in [0.05, 0.1) is 0 Å². The molecule has 3 heteroatoms. The number of piperidine rings is 1. The minimum atomic E-state index is 0.733. The van der Waals surface area contributed by atoms with E-state index in [1.807, 2.05) is 0 Å². The van der Waals surface area contributed by atoms with Gasteiger partial charge in [0.25, 0.3) is 0 Å². The van der Waals surface area contributed by atoms with E-state index in [0.717, 1.165) is 25.0 Å². The van der Waals surface area contributed by atoms with Crippen LogP contribution in [0.5, 0.6) is 0 Å². The quantitative estimate of drug-likeness (QED) is 0.666. The van der Waals surface area contributed by atoms with Crippen molar-refractivity contribution in [3.05, 3.63) is 0 Å². The fourth-order valence-corrected chi connectivity index (χ4v) is 2.58. The van der Waals surface area contributed by atoms with Crippen molar-refractivity contribution in [3.63, 3.8) is 0 Å². The van der Waals surface area contributed by atoms with Gasteiger partial charge in [0, 0.05) is 25.7 Å². The molecule has 1 unspecified atom stereocenters. The summed E-state index contributed by atoms with van der Waals surface area (Å²) in [4.78, 5) is 2.45. The fourth-order valence-electron chi connectivity index (χ4n) is 2.58. The van der Waals surface area contributed by atoms with Crippen LogP contribution in [0.2, 0.25) is 0 Å². The van der Waals surface area contributed by atoms with Crippen LogP contribution >= 0.6 is 0 Å². The zero-order valence-electron chi connectivity index (χ0n) is 9.26. The van der Waals surface area contributed by atoms with E-state index in [9.17, 15) is 0 Å². The third-order valence-corrected chi connectivity index (χ3v) is 3.58. The molecule has 0 aromatic heterocycles. The summed E-state index contributed by atoms with van der Waals surface area (Å²) in [7, 11) is 2.23. The van der Waals surface area contributed by atoms with E-state index >= 15 is 0 Å². The summed E-state index contributed by atoms with van der Waals surface area (Å²) < 4.78 is 0. The number of nitrogens with one attached hydrogen (secondary N) is 2. The molecule has 2 fully saturated rings. The van der Waals surface area contributed by atoms with Crippen molar-refractivity contribution in [1.29, 1.82) is 0 Å². The van der Waals surface area contributed by atoms with Crippen LogP contribution in [0.15, 0.2) is 0 Å². The third-order valence-electron chi connectivity index (χ3n) is 3.58. The Hall–Kier alpha value is -0.120. The SMILES string of the molecule is CN1CCC(CC2CNCCN2)CC1. The largest absolute Gasteiger partial charge is 0.314 e. The molecule has 1 atom stereocenters. The van der Waals surface area contributed by atoms with Gasteiger partial charge in [-0.1, -0.05) is 0 Å². The van der Waals surface area contributed by atoms with Gasteiger partial charge in [0.2, 0.25) is 0 Å². The van der Waals surface area contributed by atoms with Crippen molar-refractivity contribution in [3.8, 4) is 0 Å². The van der Waals surface area contributed by atoms with Crippen molar-refractivity contribution in [1.82, 2.24) is 15.5 Å². The second-order valence-electron chi connectivity index (χ2n) is 4.84. The molecule has 0 saturated carbocycles. The molecule has 0 amide bonds. The molecule has 0 aromatic carbocycles. The number of piperazine rings is 1. The lowest BCUT2D eigenvalue weighted by molar-refractivity contribution is 0.196. The van der Waals surface area contributed by atoms with Crippen LogP contribution < -0.4 is 10.6 Å². The first-order valence-electron chi connectivity index (χ1n) is 5.97. The zero-order chi connectivity index (χ0) is 9.80. The van der Waals surface area contributed by atoms with E-state index in [1.165, 1.54) is 38.9 Å². The normalized spacial score (nSPS) is 31.9. The van der Waals surface area contributed by atoms with E-state index in [1.54, 1.807) is 0 Å².